The van der Waals surface area contributed by atoms with Crippen molar-refractivity contribution in [3.8, 4) is 0 Å². The van der Waals surface area contributed by atoms with Gasteiger partial charge in [-0.05, 0) is 18.6 Å². The van der Waals surface area contributed by atoms with E-state index in [-0.39, 0.29) is 0 Å². The number of aromatic nitrogens is 3. The van der Waals surface area contributed by atoms with Gasteiger partial charge in [0.1, 0.15) is 17.5 Å². The fourth-order valence-electron chi connectivity index (χ4n) is 2.32. The second-order valence-corrected chi connectivity index (χ2v) is 4.77. The summed E-state index contributed by atoms with van der Waals surface area (Å²) >= 11 is 0. The van der Waals surface area contributed by atoms with Gasteiger partial charge in [0.15, 0.2) is 0 Å². The molecule has 2 aromatic rings. The molecular formula is C14H19N5. The van der Waals surface area contributed by atoms with E-state index in [2.05, 4.69) is 43.8 Å². The Hall–Kier alpha value is -2.04. The number of nitrogens with one attached hydrogen (secondary N) is 1. The Balaban J connectivity index is 1.76. The highest BCUT2D eigenvalue weighted by Gasteiger charge is 2.17. The molecule has 1 aliphatic rings. The first-order chi connectivity index (χ1) is 9.36. The van der Waals surface area contributed by atoms with Gasteiger partial charge >= 0.3 is 0 Å². The molecule has 0 aromatic carbocycles. The van der Waals surface area contributed by atoms with Crippen molar-refractivity contribution in [3.63, 3.8) is 0 Å². The zero-order valence-electron chi connectivity index (χ0n) is 11.2. The molecule has 19 heavy (non-hydrogen) atoms. The molecule has 0 spiro atoms. The van der Waals surface area contributed by atoms with Crippen LogP contribution in [0.3, 0.4) is 0 Å². The SMILES string of the molecule is CCCNc1cccc(N2CCn3ccnc3C2)n1. The normalized spacial score (nSPS) is 14.3. The Morgan fingerprint density at radius 2 is 2.26 bits per heavy atom. The Kier molecular flexibility index (Phi) is 3.35. The van der Waals surface area contributed by atoms with Crippen LogP contribution in [0.2, 0.25) is 0 Å². The Morgan fingerprint density at radius 1 is 1.32 bits per heavy atom. The summed E-state index contributed by atoms with van der Waals surface area (Å²) < 4.78 is 2.20. The molecule has 5 nitrogen and oxygen atoms in total. The van der Waals surface area contributed by atoms with Crippen LogP contribution in [0.25, 0.3) is 0 Å². The molecule has 0 saturated carbocycles. The van der Waals surface area contributed by atoms with Crippen molar-refractivity contribution in [1.29, 1.82) is 0 Å². The maximum absolute atomic E-state index is 4.67. The molecule has 0 saturated heterocycles. The van der Waals surface area contributed by atoms with E-state index in [9.17, 15) is 0 Å². The summed E-state index contributed by atoms with van der Waals surface area (Å²) in [5.41, 5.74) is 0. The molecule has 100 valence electrons. The van der Waals surface area contributed by atoms with E-state index in [0.717, 1.165) is 50.1 Å². The standard InChI is InChI=1S/C14H19N5/c1-2-6-15-12-4-3-5-13(17-12)19-10-9-18-8-7-16-14(18)11-19/h3-5,7-8H,2,6,9-11H2,1H3,(H,15,17). The van der Waals surface area contributed by atoms with E-state index in [0.29, 0.717) is 0 Å². The maximum Gasteiger partial charge on any atom is 0.131 e. The smallest absolute Gasteiger partial charge is 0.131 e. The summed E-state index contributed by atoms with van der Waals surface area (Å²) in [6.07, 6.45) is 5.01. The van der Waals surface area contributed by atoms with E-state index in [1.807, 2.05) is 18.5 Å². The molecule has 0 bridgehead atoms. The first-order valence-electron chi connectivity index (χ1n) is 6.82. The van der Waals surface area contributed by atoms with Crippen LogP contribution in [0.5, 0.6) is 0 Å². The van der Waals surface area contributed by atoms with Crippen LogP contribution in [-0.2, 0) is 13.1 Å². The lowest BCUT2D eigenvalue weighted by Gasteiger charge is -2.28. The molecule has 3 rings (SSSR count). The molecule has 1 aliphatic heterocycles. The molecule has 5 heteroatoms. The van der Waals surface area contributed by atoms with Gasteiger partial charge in [-0.1, -0.05) is 13.0 Å². The number of fused-ring (bicyclic) bond motifs is 1. The summed E-state index contributed by atoms with van der Waals surface area (Å²) in [5, 5.41) is 3.33. The van der Waals surface area contributed by atoms with E-state index in [1.165, 1.54) is 0 Å². The number of anilines is 2. The number of nitrogens with zero attached hydrogens (tertiary/aromatic N) is 4. The topological polar surface area (TPSA) is 46.0 Å². The Bertz CT molecular complexity index is 548. The van der Waals surface area contributed by atoms with Crippen LogP contribution in [0.4, 0.5) is 11.6 Å². The van der Waals surface area contributed by atoms with Gasteiger partial charge in [0.25, 0.3) is 0 Å². The zero-order chi connectivity index (χ0) is 13.1. The number of pyridine rings is 1. The van der Waals surface area contributed by atoms with Gasteiger partial charge in [0, 0.05) is 32.0 Å². The van der Waals surface area contributed by atoms with Crippen LogP contribution in [0.1, 0.15) is 19.2 Å². The van der Waals surface area contributed by atoms with E-state index >= 15 is 0 Å². The Labute approximate surface area is 113 Å². The molecule has 3 heterocycles. The van der Waals surface area contributed by atoms with Gasteiger partial charge in [-0.15, -0.1) is 0 Å². The number of imidazole rings is 1. The molecule has 0 fully saturated rings. The van der Waals surface area contributed by atoms with Crippen LogP contribution in [0, 0.1) is 0 Å². The van der Waals surface area contributed by atoms with Gasteiger partial charge in [-0.25, -0.2) is 9.97 Å². The fraction of sp³-hybridized carbons (Fsp3) is 0.429. The predicted octanol–water partition coefficient (Wildman–Crippen LogP) is 2.12. The Morgan fingerprint density at radius 3 is 3.16 bits per heavy atom. The quantitative estimate of drug-likeness (QED) is 0.911. The van der Waals surface area contributed by atoms with E-state index in [4.69, 9.17) is 0 Å². The first-order valence-corrected chi connectivity index (χ1v) is 6.82. The third-order valence-corrected chi connectivity index (χ3v) is 3.36. The van der Waals surface area contributed by atoms with Crippen LogP contribution >= 0.6 is 0 Å². The van der Waals surface area contributed by atoms with Gasteiger partial charge in [-0.3, -0.25) is 0 Å². The minimum Gasteiger partial charge on any atom is -0.370 e. The van der Waals surface area contributed by atoms with Crippen molar-refractivity contribution in [2.24, 2.45) is 0 Å². The predicted molar refractivity (Wildman–Crippen MR) is 76.3 cm³/mol. The lowest BCUT2D eigenvalue weighted by atomic mass is 10.3. The fourth-order valence-corrected chi connectivity index (χ4v) is 2.32. The molecule has 1 N–H and O–H groups in total. The third kappa shape index (κ3) is 2.54. The van der Waals surface area contributed by atoms with Crippen molar-refractivity contribution < 1.29 is 0 Å². The highest BCUT2D eigenvalue weighted by Crippen LogP contribution is 2.19. The van der Waals surface area contributed by atoms with Crippen molar-refractivity contribution >= 4 is 11.6 Å². The average Bonchev–Trinajstić information content (AvgIpc) is 2.92. The summed E-state index contributed by atoms with van der Waals surface area (Å²) in [7, 11) is 0. The minimum atomic E-state index is 0.831. The maximum atomic E-state index is 4.67. The van der Waals surface area contributed by atoms with Crippen molar-refractivity contribution in [2.75, 3.05) is 23.3 Å². The van der Waals surface area contributed by atoms with E-state index in [1.54, 1.807) is 0 Å². The minimum absolute atomic E-state index is 0.831. The average molecular weight is 257 g/mol. The molecule has 0 radical (unpaired) electrons. The van der Waals surface area contributed by atoms with Crippen LogP contribution < -0.4 is 10.2 Å². The third-order valence-electron chi connectivity index (χ3n) is 3.36. The van der Waals surface area contributed by atoms with Crippen LogP contribution in [-0.4, -0.2) is 27.6 Å². The summed E-state index contributed by atoms with van der Waals surface area (Å²) in [5.74, 6) is 3.09. The molecule has 0 unspecified atom stereocenters. The molecule has 2 aromatic heterocycles. The number of hydrogen-bond acceptors (Lipinski definition) is 4. The summed E-state index contributed by atoms with van der Waals surface area (Å²) in [4.78, 5) is 11.3. The molecule has 0 atom stereocenters. The van der Waals surface area contributed by atoms with Crippen molar-refractivity contribution in [3.05, 3.63) is 36.4 Å². The molecular weight excluding hydrogens is 238 g/mol. The zero-order valence-corrected chi connectivity index (χ0v) is 11.2. The van der Waals surface area contributed by atoms with Gasteiger partial charge in [-0.2, -0.15) is 0 Å². The van der Waals surface area contributed by atoms with Crippen LogP contribution in [0.15, 0.2) is 30.6 Å². The summed E-state index contributed by atoms with van der Waals surface area (Å²) in [6, 6.07) is 6.14. The summed E-state index contributed by atoms with van der Waals surface area (Å²) in [6.45, 7) is 5.90. The highest BCUT2D eigenvalue weighted by molar-refractivity contribution is 5.47. The van der Waals surface area contributed by atoms with E-state index < -0.39 is 0 Å². The second-order valence-electron chi connectivity index (χ2n) is 4.77. The highest BCUT2D eigenvalue weighted by atomic mass is 15.3. The van der Waals surface area contributed by atoms with Crippen molar-refractivity contribution in [1.82, 2.24) is 14.5 Å². The molecule has 0 aliphatic carbocycles. The molecule has 0 amide bonds. The van der Waals surface area contributed by atoms with Gasteiger partial charge in [0.2, 0.25) is 0 Å². The number of hydrogen-bond donors (Lipinski definition) is 1. The number of rotatable bonds is 4. The van der Waals surface area contributed by atoms with Gasteiger partial charge < -0.3 is 14.8 Å². The lowest BCUT2D eigenvalue weighted by molar-refractivity contribution is 0.556. The monoisotopic (exact) mass is 257 g/mol. The van der Waals surface area contributed by atoms with Gasteiger partial charge in [0.05, 0.1) is 6.54 Å². The first kappa shape index (κ1) is 12.0. The lowest BCUT2D eigenvalue weighted by Crippen LogP contribution is -2.34. The second kappa shape index (κ2) is 5.30. The largest absolute Gasteiger partial charge is 0.370 e. The van der Waals surface area contributed by atoms with Crippen molar-refractivity contribution in [2.45, 2.75) is 26.4 Å².